The van der Waals surface area contributed by atoms with Gasteiger partial charge >= 0.3 is 0 Å². The zero-order valence-electron chi connectivity index (χ0n) is 44.3. The van der Waals surface area contributed by atoms with Gasteiger partial charge in [0.05, 0.1) is 109 Å². The van der Waals surface area contributed by atoms with E-state index in [0.29, 0.717) is 83.5 Å². The van der Waals surface area contributed by atoms with Gasteiger partial charge in [0, 0.05) is 77.4 Å². The van der Waals surface area contributed by atoms with Crippen molar-refractivity contribution in [3.8, 4) is 21.8 Å². The number of nitrogens with zero attached hydrogens (tertiary/aromatic N) is 5. The van der Waals surface area contributed by atoms with Crippen LogP contribution in [0.25, 0.3) is 43.8 Å². The Labute approximate surface area is 451 Å². The lowest BCUT2D eigenvalue weighted by Crippen LogP contribution is -2.57. The highest BCUT2D eigenvalue weighted by Gasteiger charge is 2.43. The van der Waals surface area contributed by atoms with Crippen LogP contribution in [-0.4, -0.2) is 176 Å². The molecule has 414 valence electrons. The highest BCUT2D eigenvalue weighted by molar-refractivity contribution is 7.13. The van der Waals surface area contributed by atoms with Crippen molar-refractivity contribution < 1.29 is 42.8 Å². The second kappa shape index (κ2) is 26.8. The summed E-state index contributed by atoms with van der Waals surface area (Å²) in [6.07, 6.45) is -0.364. The van der Waals surface area contributed by atoms with Gasteiger partial charge in [0.1, 0.15) is 23.2 Å². The van der Waals surface area contributed by atoms with E-state index in [1.165, 1.54) is 17.0 Å². The molecular weight excluding hydrogens is 1010 g/mol. The molecule has 8 N–H and O–H groups in total. The quantitative estimate of drug-likeness (QED) is 0.0376. The number of H-pyrrole nitrogens is 2. The first kappa shape index (κ1) is 56.8. The summed E-state index contributed by atoms with van der Waals surface area (Å²) in [4.78, 5) is 74.8. The van der Waals surface area contributed by atoms with Crippen molar-refractivity contribution in [2.45, 2.75) is 65.3 Å². The molecule has 22 heteroatoms. The maximum atomic E-state index is 14.6. The van der Waals surface area contributed by atoms with E-state index >= 15 is 0 Å². The molecule has 0 aliphatic carbocycles. The predicted octanol–water partition coefficient (Wildman–Crippen LogP) is 4.20. The fraction of sp³-hybridized carbons (Fsp3) is 0.491. The second-order valence-electron chi connectivity index (χ2n) is 20.4. The van der Waals surface area contributed by atoms with E-state index in [9.17, 15) is 28.7 Å². The summed E-state index contributed by atoms with van der Waals surface area (Å²) in [6.45, 7) is 16.0. The van der Waals surface area contributed by atoms with Crippen LogP contribution in [0.1, 0.15) is 44.9 Å². The van der Waals surface area contributed by atoms with Crippen molar-refractivity contribution in [2.75, 3.05) is 116 Å². The van der Waals surface area contributed by atoms with Crippen molar-refractivity contribution in [2.24, 2.45) is 5.41 Å². The number of imidazole rings is 1. The molecule has 3 amide bonds. The second-order valence-corrected chi connectivity index (χ2v) is 21.3. The minimum Gasteiger partial charge on any atom is -0.397 e. The summed E-state index contributed by atoms with van der Waals surface area (Å²) in [7, 11) is 0. The number of nitrogen functional groups attached to an aromatic ring is 1. The molecule has 3 aromatic heterocycles. The van der Waals surface area contributed by atoms with Crippen LogP contribution in [0.15, 0.2) is 71.0 Å². The number of aliphatic hydroxyl groups is 1. The molecule has 0 spiro atoms. The number of carbonyl (C=O) groups excluding carboxylic acids is 3. The molecule has 6 aromatic rings. The topological polar surface area (TPSA) is 255 Å². The van der Waals surface area contributed by atoms with Crippen molar-refractivity contribution in [1.29, 1.82) is 0 Å². The molecule has 8 rings (SSSR count). The molecule has 20 nitrogen and oxygen atoms in total. The van der Waals surface area contributed by atoms with Crippen molar-refractivity contribution in [3.05, 3.63) is 93.6 Å². The number of aryl methyl sites for hydroxylation is 1. The van der Waals surface area contributed by atoms with Gasteiger partial charge in [0.15, 0.2) is 0 Å². The number of halogens is 1. The van der Waals surface area contributed by atoms with Gasteiger partial charge in [-0.3, -0.25) is 24.1 Å². The standard InChI is InChI=1S/C55H72FN11O9S/c1-35-49(77-34-61-35)37-10-8-36(9-11-37)32-60-52(70)44-31-39(68)33-67(44)54(72)50(55(2,3)4)59-16-23-74-25-27-76-29-28-75-26-24-73-22-14-45(69)58-15-17-65-18-20-66(21-19-65)38-12-13-41-43(30-38)63-51(62-41)47-48(57)46-40(56)6-5-7-42(46)64-53(47)71/h5-13,30,34,39,44,50,59,68H,14-29,31-33H2,1-4H3,(H,58,69)(H,60,70)(H,62,63)(H3,57,64,71)/t39-,44?,50?/m1/s1. The van der Waals surface area contributed by atoms with Crippen LogP contribution in [0.2, 0.25) is 0 Å². The number of anilines is 2. The molecule has 0 bridgehead atoms. The fourth-order valence-electron chi connectivity index (χ4n) is 9.65. The lowest BCUT2D eigenvalue weighted by molar-refractivity contribution is -0.142. The van der Waals surface area contributed by atoms with E-state index < -0.39 is 35.0 Å². The van der Waals surface area contributed by atoms with E-state index in [0.717, 1.165) is 65.6 Å². The number of nitrogens with two attached hydrogens (primary N) is 1. The van der Waals surface area contributed by atoms with E-state index in [1.54, 1.807) is 17.4 Å². The number of aromatic nitrogens is 4. The van der Waals surface area contributed by atoms with Gasteiger partial charge in [0.25, 0.3) is 5.56 Å². The third kappa shape index (κ3) is 15.0. The highest BCUT2D eigenvalue weighted by atomic mass is 32.1. The van der Waals surface area contributed by atoms with E-state index in [1.807, 2.05) is 75.7 Å². The Bertz CT molecular complexity index is 2990. The molecule has 2 aliphatic rings. The number of nitrogens with one attached hydrogen (secondary N) is 5. The summed E-state index contributed by atoms with van der Waals surface area (Å²) >= 11 is 1.59. The Balaban J connectivity index is 0.624. The van der Waals surface area contributed by atoms with Gasteiger partial charge in [-0.25, -0.2) is 14.4 Å². The van der Waals surface area contributed by atoms with Gasteiger partial charge in [-0.15, -0.1) is 11.3 Å². The number of carbonyl (C=O) groups is 3. The maximum Gasteiger partial charge on any atom is 0.261 e. The molecule has 0 saturated carbocycles. The van der Waals surface area contributed by atoms with Crippen LogP contribution in [0.3, 0.4) is 0 Å². The number of piperazine rings is 1. The number of fused-ring (bicyclic) bond motifs is 2. The number of ether oxygens (including phenoxy) is 4. The number of amides is 3. The summed E-state index contributed by atoms with van der Waals surface area (Å²) in [6, 6.07) is 16.9. The van der Waals surface area contributed by atoms with E-state index in [2.05, 4.69) is 45.7 Å². The molecule has 77 heavy (non-hydrogen) atoms. The van der Waals surface area contributed by atoms with Gasteiger partial charge in [-0.1, -0.05) is 51.1 Å². The van der Waals surface area contributed by atoms with Gasteiger partial charge in [-0.2, -0.15) is 0 Å². The smallest absolute Gasteiger partial charge is 0.261 e. The molecule has 2 saturated heterocycles. The van der Waals surface area contributed by atoms with Crippen LogP contribution < -0.4 is 32.1 Å². The zero-order valence-corrected chi connectivity index (χ0v) is 45.1. The summed E-state index contributed by atoms with van der Waals surface area (Å²) in [5.74, 6) is -0.849. The van der Waals surface area contributed by atoms with E-state index in [4.69, 9.17) is 24.7 Å². The summed E-state index contributed by atoms with van der Waals surface area (Å²) in [5.41, 5.74) is 13.0. The number of aromatic amines is 2. The first-order chi connectivity index (χ1) is 37.1. The molecule has 2 unspecified atom stereocenters. The third-order valence-corrected chi connectivity index (χ3v) is 14.8. The molecule has 2 aliphatic heterocycles. The van der Waals surface area contributed by atoms with Gasteiger partial charge in [-0.05, 0) is 53.8 Å². The number of aliphatic hydroxyl groups excluding tert-OH is 1. The number of pyridine rings is 1. The summed E-state index contributed by atoms with van der Waals surface area (Å²) in [5, 5.41) is 20.0. The molecule has 3 aromatic carbocycles. The molecular formula is C55H72FN11O9S. The molecule has 2 fully saturated rings. The van der Waals surface area contributed by atoms with Crippen LogP contribution in [0.4, 0.5) is 15.8 Å². The Morgan fingerprint density at radius 3 is 2.27 bits per heavy atom. The average Bonchev–Trinajstić information content (AvgIpc) is 4.18. The Hall–Kier alpha value is -6.37. The SMILES string of the molecule is Cc1ncsc1-c1ccc(CNC(=O)C2C[C@@H](O)CN2C(=O)C(NCCOCCOCCOCCOCCC(=O)NCCN2CCN(c3ccc4[nH]c(-c5c(N)c6c(F)cccc6[nH]c5=O)nc4c3)CC2)C(C)(C)C)cc1. The van der Waals surface area contributed by atoms with Crippen LogP contribution in [-0.2, 0) is 39.9 Å². The van der Waals surface area contributed by atoms with Crippen molar-refractivity contribution >= 4 is 62.4 Å². The largest absolute Gasteiger partial charge is 0.397 e. The average molecular weight is 1080 g/mol. The first-order valence-corrected chi connectivity index (χ1v) is 27.2. The normalized spacial score (nSPS) is 16.6. The lowest BCUT2D eigenvalue weighted by atomic mass is 9.85. The minimum absolute atomic E-state index is 0.0357. The number of thiazole rings is 1. The highest BCUT2D eigenvalue weighted by Crippen LogP contribution is 2.32. The number of hydrogen-bond donors (Lipinski definition) is 7. The number of benzene rings is 3. The Kier molecular flexibility index (Phi) is 19.8. The fourth-order valence-corrected chi connectivity index (χ4v) is 10.5. The maximum absolute atomic E-state index is 14.6. The number of β-amino-alcohol motifs (C(OH)–C–C–N with tert-alkyl or cyclic N) is 1. The van der Waals surface area contributed by atoms with Crippen LogP contribution in [0.5, 0.6) is 0 Å². The monoisotopic (exact) mass is 1080 g/mol. The molecule has 3 atom stereocenters. The first-order valence-electron chi connectivity index (χ1n) is 26.3. The lowest BCUT2D eigenvalue weighted by Gasteiger charge is -2.36. The van der Waals surface area contributed by atoms with E-state index in [-0.39, 0.29) is 59.6 Å². The van der Waals surface area contributed by atoms with Crippen LogP contribution in [0, 0.1) is 18.2 Å². The third-order valence-electron chi connectivity index (χ3n) is 13.8. The Morgan fingerprint density at radius 2 is 1.58 bits per heavy atom. The van der Waals surface area contributed by atoms with Crippen molar-refractivity contribution in [3.63, 3.8) is 0 Å². The minimum atomic E-state index is -0.792. The Morgan fingerprint density at radius 1 is 0.883 bits per heavy atom. The number of rotatable bonds is 26. The zero-order chi connectivity index (χ0) is 54.5. The number of likely N-dealkylation sites (tertiary alicyclic amines) is 1. The number of hydrogen-bond acceptors (Lipinski definition) is 16. The summed E-state index contributed by atoms with van der Waals surface area (Å²) < 4.78 is 37.2. The molecule has 5 heterocycles. The predicted molar refractivity (Wildman–Crippen MR) is 295 cm³/mol. The van der Waals surface area contributed by atoms with Crippen LogP contribution >= 0.6 is 11.3 Å². The van der Waals surface area contributed by atoms with Gasteiger partial charge in [0.2, 0.25) is 17.7 Å². The molecule has 0 radical (unpaired) electrons. The van der Waals surface area contributed by atoms with Gasteiger partial charge < -0.3 is 65.5 Å². The van der Waals surface area contributed by atoms with Crippen molar-refractivity contribution in [1.82, 2.24) is 45.7 Å².